The average molecular weight is 431 g/mol. The first-order valence-corrected chi connectivity index (χ1v) is 10.6. The molecule has 1 aliphatic heterocycles. The van der Waals surface area contributed by atoms with E-state index in [0.29, 0.717) is 46.9 Å². The van der Waals surface area contributed by atoms with Gasteiger partial charge in [0.2, 0.25) is 5.91 Å². The van der Waals surface area contributed by atoms with Crippen LogP contribution in [0.4, 0.5) is 5.69 Å². The Morgan fingerprint density at radius 1 is 1.03 bits per heavy atom. The van der Waals surface area contributed by atoms with Gasteiger partial charge in [-0.1, -0.05) is 32.0 Å². The van der Waals surface area contributed by atoms with Gasteiger partial charge in [-0.2, -0.15) is 5.26 Å². The molecule has 0 saturated heterocycles. The van der Waals surface area contributed by atoms with E-state index < -0.39 is 0 Å². The number of amides is 1. The number of para-hydroxylation sites is 1. The number of methoxy groups -OCH3 is 2. The van der Waals surface area contributed by atoms with Gasteiger partial charge >= 0.3 is 0 Å². The number of Topliss-reactive ketones (excluding diaryl/α,β-unsaturated/α-hetero) is 1. The quantitative estimate of drug-likeness (QED) is 0.700. The summed E-state index contributed by atoms with van der Waals surface area (Å²) in [7, 11) is 3.13. The lowest BCUT2D eigenvalue weighted by atomic mass is 9.69. The zero-order valence-corrected chi connectivity index (χ0v) is 18.8. The van der Waals surface area contributed by atoms with E-state index in [1.165, 1.54) is 0 Å². The molecule has 1 unspecified atom stereocenters. The Labute approximate surface area is 188 Å². The molecule has 0 saturated carbocycles. The molecular weight excluding hydrogens is 404 g/mol. The monoisotopic (exact) mass is 430 g/mol. The zero-order chi connectivity index (χ0) is 23.0. The summed E-state index contributed by atoms with van der Waals surface area (Å²) in [6, 6.07) is 14.7. The van der Waals surface area contributed by atoms with Crippen LogP contribution in [0.1, 0.15) is 50.2 Å². The van der Waals surface area contributed by atoms with E-state index in [1.807, 2.05) is 26.0 Å². The maximum Gasteiger partial charge on any atom is 0.232 e. The van der Waals surface area contributed by atoms with Gasteiger partial charge in [-0.15, -0.1) is 0 Å². The highest BCUT2D eigenvalue weighted by Gasteiger charge is 2.44. The summed E-state index contributed by atoms with van der Waals surface area (Å²) in [5, 5.41) is 9.63. The van der Waals surface area contributed by atoms with Crippen LogP contribution in [0.25, 0.3) is 0 Å². The molecule has 2 aliphatic rings. The second kappa shape index (κ2) is 8.16. The molecule has 1 atom stereocenters. The number of allylic oxidation sites excluding steroid dienone is 2. The Kier molecular flexibility index (Phi) is 5.52. The molecule has 164 valence electrons. The second-order valence-electron chi connectivity index (χ2n) is 9.03. The standard InChI is InChI=1S/C26H26N2O4/c1-26(2)13-20-25(21(29)14-26)18(16-9-10-22(31-3)23(11-16)32-4)12-24(30)28(20)19-8-6-5-7-17(19)15-27/h5-11,18H,12-14H2,1-4H3. The average Bonchev–Trinajstić information content (AvgIpc) is 2.77. The summed E-state index contributed by atoms with van der Waals surface area (Å²) >= 11 is 0. The maximum atomic E-state index is 13.5. The molecule has 2 aromatic carbocycles. The van der Waals surface area contributed by atoms with Gasteiger partial charge in [0.1, 0.15) is 6.07 Å². The first kappa shape index (κ1) is 21.6. The van der Waals surface area contributed by atoms with Crippen molar-refractivity contribution in [2.75, 3.05) is 19.1 Å². The van der Waals surface area contributed by atoms with Crippen molar-refractivity contribution in [3.63, 3.8) is 0 Å². The number of ketones is 1. The van der Waals surface area contributed by atoms with Gasteiger partial charge in [-0.05, 0) is 41.7 Å². The molecule has 0 N–H and O–H groups in total. The van der Waals surface area contributed by atoms with E-state index in [-0.39, 0.29) is 29.4 Å². The zero-order valence-electron chi connectivity index (χ0n) is 18.8. The predicted molar refractivity (Wildman–Crippen MR) is 121 cm³/mol. The van der Waals surface area contributed by atoms with Crippen molar-refractivity contribution in [1.82, 2.24) is 0 Å². The Morgan fingerprint density at radius 2 is 1.75 bits per heavy atom. The van der Waals surface area contributed by atoms with Crippen molar-refractivity contribution in [3.05, 3.63) is 64.9 Å². The van der Waals surface area contributed by atoms with Crippen molar-refractivity contribution in [1.29, 1.82) is 5.26 Å². The van der Waals surface area contributed by atoms with Crippen LogP contribution in [0.15, 0.2) is 53.7 Å². The number of anilines is 1. The molecule has 0 bridgehead atoms. The van der Waals surface area contributed by atoms with Gasteiger partial charge in [0.25, 0.3) is 0 Å². The molecule has 1 aliphatic carbocycles. The van der Waals surface area contributed by atoms with E-state index in [0.717, 1.165) is 5.56 Å². The Morgan fingerprint density at radius 3 is 2.44 bits per heavy atom. The van der Waals surface area contributed by atoms with E-state index in [2.05, 4.69) is 6.07 Å². The van der Waals surface area contributed by atoms with E-state index in [4.69, 9.17) is 9.47 Å². The summed E-state index contributed by atoms with van der Waals surface area (Å²) in [6.45, 7) is 4.07. The number of ether oxygens (including phenoxy) is 2. The Balaban J connectivity index is 1.92. The fourth-order valence-electron chi connectivity index (χ4n) is 4.81. The first-order chi connectivity index (χ1) is 15.3. The maximum absolute atomic E-state index is 13.5. The molecule has 6 nitrogen and oxygen atoms in total. The van der Waals surface area contributed by atoms with Crippen molar-refractivity contribution >= 4 is 17.4 Å². The van der Waals surface area contributed by atoms with Gasteiger partial charge in [0, 0.05) is 30.0 Å². The smallest absolute Gasteiger partial charge is 0.232 e. The topological polar surface area (TPSA) is 79.6 Å². The number of hydrogen-bond donors (Lipinski definition) is 0. The number of nitriles is 1. The minimum Gasteiger partial charge on any atom is -0.493 e. The molecule has 0 spiro atoms. The molecule has 0 fully saturated rings. The number of benzene rings is 2. The van der Waals surface area contributed by atoms with Crippen molar-refractivity contribution in [2.24, 2.45) is 5.41 Å². The van der Waals surface area contributed by atoms with Gasteiger partial charge < -0.3 is 9.47 Å². The SMILES string of the molecule is COc1ccc(C2CC(=O)N(c3ccccc3C#N)C3=C2C(=O)CC(C)(C)C3)cc1OC. The predicted octanol–water partition coefficient (Wildman–Crippen LogP) is 4.74. The van der Waals surface area contributed by atoms with E-state index in [9.17, 15) is 14.9 Å². The number of carbonyl (C=O) groups excluding carboxylic acids is 2. The summed E-state index contributed by atoms with van der Waals surface area (Å²) in [5.74, 6) is 0.694. The summed E-state index contributed by atoms with van der Waals surface area (Å²) in [5.41, 5.74) is 2.85. The van der Waals surface area contributed by atoms with Crippen LogP contribution < -0.4 is 14.4 Å². The first-order valence-electron chi connectivity index (χ1n) is 10.6. The molecule has 1 heterocycles. The Bertz CT molecular complexity index is 1170. The second-order valence-corrected chi connectivity index (χ2v) is 9.03. The molecule has 0 aromatic heterocycles. The third kappa shape index (κ3) is 3.64. The van der Waals surface area contributed by atoms with Crippen LogP contribution in [-0.4, -0.2) is 25.9 Å². The number of nitrogens with zero attached hydrogens (tertiary/aromatic N) is 2. The molecule has 32 heavy (non-hydrogen) atoms. The Hall–Kier alpha value is -3.59. The minimum atomic E-state index is -0.369. The molecule has 4 rings (SSSR count). The highest BCUT2D eigenvalue weighted by Crippen LogP contribution is 2.49. The van der Waals surface area contributed by atoms with Gasteiger partial charge in [-0.3, -0.25) is 14.5 Å². The van der Waals surface area contributed by atoms with Gasteiger partial charge in [0.15, 0.2) is 17.3 Å². The lowest BCUT2D eigenvalue weighted by Crippen LogP contribution is -2.44. The largest absolute Gasteiger partial charge is 0.493 e. The lowest BCUT2D eigenvalue weighted by Gasteiger charge is -2.43. The third-order valence-electron chi connectivity index (χ3n) is 6.22. The van der Waals surface area contributed by atoms with E-state index >= 15 is 0 Å². The van der Waals surface area contributed by atoms with Crippen molar-refractivity contribution < 1.29 is 19.1 Å². The fourth-order valence-corrected chi connectivity index (χ4v) is 4.81. The highest BCUT2D eigenvalue weighted by atomic mass is 16.5. The molecule has 2 aromatic rings. The summed E-state index contributed by atoms with van der Waals surface area (Å²) < 4.78 is 10.8. The fraction of sp³-hybridized carbons (Fsp3) is 0.346. The number of hydrogen-bond acceptors (Lipinski definition) is 5. The lowest BCUT2D eigenvalue weighted by molar-refractivity contribution is -0.121. The van der Waals surface area contributed by atoms with Crippen LogP contribution in [0.5, 0.6) is 11.5 Å². The van der Waals surface area contributed by atoms with Crippen LogP contribution in [0, 0.1) is 16.7 Å². The number of rotatable bonds is 4. The molecule has 6 heteroatoms. The molecule has 1 amide bonds. The third-order valence-corrected chi connectivity index (χ3v) is 6.22. The molecule has 0 radical (unpaired) electrons. The van der Waals surface area contributed by atoms with Crippen LogP contribution in [-0.2, 0) is 9.59 Å². The molecular formula is C26H26N2O4. The van der Waals surface area contributed by atoms with Crippen LogP contribution >= 0.6 is 0 Å². The van der Waals surface area contributed by atoms with E-state index in [1.54, 1.807) is 49.5 Å². The normalized spacial score (nSPS) is 20.0. The highest BCUT2D eigenvalue weighted by molar-refractivity contribution is 6.08. The van der Waals surface area contributed by atoms with Gasteiger partial charge in [-0.25, -0.2) is 0 Å². The summed E-state index contributed by atoms with van der Waals surface area (Å²) in [6.07, 6.45) is 1.13. The summed E-state index contributed by atoms with van der Waals surface area (Å²) in [4.78, 5) is 28.5. The van der Waals surface area contributed by atoms with Crippen LogP contribution in [0.2, 0.25) is 0 Å². The van der Waals surface area contributed by atoms with Crippen molar-refractivity contribution in [3.8, 4) is 17.6 Å². The minimum absolute atomic E-state index is 0.0444. The number of carbonyl (C=O) groups is 2. The van der Waals surface area contributed by atoms with Gasteiger partial charge in [0.05, 0.1) is 25.5 Å². The van der Waals surface area contributed by atoms with Crippen LogP contribution in [0.3, 0.4) is 0 Å². The van der Waals surface area contributed by atoms with Crippen molar-refractivity contribution in [2.45, 2.75) is 39.0 Å².